The zero-order chi connectivity index (χ0) is 24.1. The molecule has 172 valence electrons. The maximum atomic E-state index is 12.1. The Balaban J connectivity index is 1.80. The highest BCUT2D eigenvalue weighted by Gasteiger charge is 2.23. The van der Waals surface area contributed by atoms with Gasteiger partial charge in [0.1, 0.15) is 6.61 Å². The lowest BCUT2D eigenvalue weighted by molar-refractivity contribution is -0.385. The molecule has 0 atom stereocenters. The first kappa shape index (κ1) is 23.0. The van der Waals surface area contributed by atoms with Crippen LogP contribution in [-0.2, 0) is 22.6 Å². The summed E-state index contributed by atoms with van der Waals surface area (Å²) in [5, 5.41) is 14.1. The van der Waals surface area contributed by atoms with Crippen LogP contribution in [0.3, 0.4) is 0 Å². The molecule has 0 spiro atoms. The van der Waals surface area contributed by atoms with Gasteiger partial charge in [0.25, 0.3) is 0 Å². The molecule has 0 aromatic heterocycles. The van der Waals surface area contributed by atoms with Gasteiger partial charge in [-0.15, -0.1) is 0 Å². The first-order valence-electron chi connectivity index (χ1n) is 11.0. The number of nitrogens with zero attached hydrogens (tertiary/aromatic N) is 1. The summed E-state index contributed by atoms with van der Waals surface area (Å²) in [4.78, 5) is 23.3. The summed E-state index contributed by atoms with van der Waals surface area (Å²) in [5.74, 6) is -0.155. The first-order chi connectivity index (χ1) is 16.4. The standard InChI is InChI=1S/C28H25NO5/c1-19-7-9-20(10-8-19)18-34-28-25(24-13-12-22-5-3-4-6-23(22)17-24)15-21(11-14-27(30)33-2)16-26(28)29(31)32/h3-10,12-13,15-17H,11,14,18H2,1-2H3. The van der Waals surface area contributed by atoms with Crippen molar-refractivity contribution in [2.45, 2.75) is 26.4 Å². The Morgan fingerprint density at radius 1 is 0.912 bits per heavy atom. The second-order valence-corrected chi connectivity index (χ2v) is 8.16. The molecule has 0 fully saturated rings. The highest BCUT2D eigenvalue weighted by Crippen LogP contribution is 2.41. The third-order valence-corrected chi connectivity index (χ3v) is 5.74. The molecule has 4 rings (SSSR count). The lowest BCUT2D eigenvalue weighted by Gasteiger charge is -2.15. The molecule has 6 nitrogen and oxygen atoms in total. The van der Waals surface area contributed by atoms with Crippen LogP contribution in [0.2, 0.25) is 0 Å². The largest absolute Gasteiger partial charge is 0.482 e. The maximum Gasteiger partial charge on any atom is 0.311 e. The summed E-state index contributed by atoms with van der Waals surface area (Å²) in [6.45, 7) is 2.20. The van der Waals surface area contributed by atoms with Crippen LogP contribution in [0.15, 0.2) is 78.9 Å². The van der Waals surface area contributed by atoms with Gasteiger partial charge >= 0.3 is 11.7 Å². The molecular weight excluding hydrogens is 430 g/mol. The second-order valence-electron chi connectivity index (χ2n) is 8.16. The number of carbonyl (C=O) groups is 1. The van der Waals surface area contributed by atoms with E-state index < -0.39 is 4.92 Å². The van der Waals surface area contributed by atoms with Crippen LogP contribution in [0.1, 0.15) is 23.1 Å². The number of esters is 1. The Kier molecular flexibility index (Phi) is 6.87. The molecule has 0 N–H and O–H groups in total. The number of rotatable bonds is 8. The molecule has 0 amide bonds. The molecule has 34 heavy (non-hydrogen) atoms. The van der Waals surface area contributed by atoms with Crippen LogP contribution < -0.4 is 4.74 Å². The minimum Gasteiger partial charge on any atom is -0.482 e. The number of hydrogen-bond acceptors (Lipinski definition) is 5. The van der Waals surface area contributed by atoms with Gasteiger partial charge in [-0.2, -0.15) is 0 Å². The highest BCUT2D eigenvalue weighted by molar-refractivity contribution is 5.89. The molecule has 0 aliphatic rings. The van der Waals surface area contributed by atoms with Crippen LogP contribution >= 0.6 is 0 Å². The molecule has 0 bridgehead atoms. The topological polar surface area (TPSA) is 78.7 Å². The highest BCUT2D eigenvalue weighted by atomic mass is 16.6. The van der Waals surface area contributed by atoms with Gasteiger partial charge in [-0.05, 0) is 52.9 Å². The summed E-state index contributed by atoms with van der Waals surface area (Å²) < 4.78 is 10.8. The van der Waals surface area contributed by atoms with E-state index in [4.69, 9.17) is 9.47 Å². The Hall–Kier alpha value is -4.19. The van der Waals surface area contributed by atoms with Gasteiger partial charge in [0.05, 0.1) is 12.0 Å². The lowest BCUT2D eigenvalue weighted by atomic mass is 9.96. The van der Waals surface area contributed by atoms with E-state index in [1.165, 1.54) is 13.2 Å². The van der Waals surface area contributed by atoms with Crippen molar-refractivity contribution >= 4 is 22.4 Å². The molecule has 0 saturated carbocycles. The SMILES string of the molecule is COC(=O)CCc1cc(-c2ccc3ccccc3c2)c(OCc2ccc(C)cc2)c([N+](=O)[O-])c1. The minimum absolute atomic E-state index is 0.127. The first-order valence-corrected chi connectivity index (χ1v) is 11.0. The summed E-state index contributed by atoms with van der Waals surface area (Å²) in [6.07, 6.45) is 0.459. The average molecular weight is 456 g/mol. The van der Waals surface area contributed by atoms with Crippen molar-refractivity contribution in [3.05, 3.63) is 106 Å². The van der Waals surface area contributed by atoms with Gasteiger partial charge < -0.3 is 9.47 Å². The Bertz CT molecular complexity index is 1350. The fourth-order valence-corrected chi connectivity index (χ4v) is 3.86. The molecule has 0 radical (unpaired) electrons. The number of ether oxygens (including phenoxy) is 2. The van der Waals surface area contributed by atoms with Gasteiger partial charge in [0.2, 0.25) is 5.75 Å². The van der Waals surface area contributed by atoms with Gasteiger partial charge in [0.15, 0.2) is 0 Å². The van der Waals surface area contributed by atoms with E-state index in [1.807, 2.05) is 79.7 Å². The number of fused-ring (bicyclic) bond motifs is 1. The van der Waals surface area contributed by atoms with Gasteiger partial charge in [-0.3, -0.25) is 14.9 Å². The van der Waals surface area contributed by atoms with E-state index in [2.05, 4.69) is 0 Å². The monoisotopic (exact) mass is 455 g/mol. The molecule has 6 heteroatoms. The fourth-order valence-electron chi connectivity index (χ4n) is 3.86. The van der Waals surface area contributed by atoms with E-state index >= 15 is 0 Å². The molecule has 0 heterocycles. The summed E-state index contributed by atoms with van der Waals surface area (Å²) in [6, 6.07) is 25.1. The van der Waals surface area contributed by atoms with Crippen molar-refractivity contribution in [1.29, 1.82) is 0 Å². The predicted octanol–water partition coefficient (Wildman–Crippen LogP) is 6.41. The van der Waals surface area contributed by atoms with Gasteiger partial charge in [0, 0.05) is 18.1 Å². The van der Waals surface area contributed by atoms with Crippen molar-refractivity contribution in [3.63, 3.8) is 0 Å². The molecule has 4 aromatic carbocycles. The second kappa shape index (κ2) is 10.2. The number of carbonyl (C=O) groups excluding carboxylic acids is 1. The summed E-state index contributed by atoms with van der Waals surface area (Å²) in [5.41, 5.74) is 4.01. The van der Waals surface area contributed by atoms with Crippen molar-refractivity contribution in [3.8, 4) is 16.9 Å². The third-order valence-electron chi connectivity index (χ3n) is 5.74. The van der Waals surface area contributed by atoms with E-state index in [0.717, 1.165) is 27.5 Å². The molecule has 4 aromatic rings. The molecule has 0 aliphatic carbocycles. The average Bonchev–Trinajstić information content (AvgIpc) is 2.86. The number of methoxy groups -OCH3 is 1. The molecule has 0 aliphatic heterocycles. The Labute approximate surface area is 197 Å². The normalized spacial score (nSPS) is 10.8. The van der Waals surface area contributed by atoms with Crippen molar-refractivity contribution < 1.29 is 19.2 Å². The van der Waals surface area contributed by atoms with Crippen LogP contribution in [0.4, 0.5) is 5.69 Å². The Morgan fingerprint density at radius 3 is 2.35 bits per heavy atom. The van der Waals surface area contributed by atoms with E-state index in [-0.39, 0.29) is 30.4 Å². The van der Waals surface area contributed by atoms with E-state index in [9.17, 15) is 14.9 Å². The number of hydrogen-bond donors (Lipinski definition) is 0. The number of nitro groups is 1. The quantitative estimate of drug-likeness (QED) is 0.174. The maximum absolute atomic E-state index is 12.1. The third kappa shape index (κ3) is 5.23. The van der Waals surface area contributed by atoms with E-state index in [1.54, 1.807) is 0 Å². The smallest absolute Gasteiger partial charge is 0.311 e. The number of benzene rings is 4. The summed E-state index contributed by atoms with van der Waals surface area (Å²) in [7, 11) is 1.33. The molecule has 0 unspecified atom stereocenters. The lowest BCUT2D eigenvalue weighted by Crippen LogP contribution is -2.05. The van der Waals surface area contributed by atoms with Crippen LogP contribution in [0.25, 0.3) is 21.9 Å². The minimum atomic E-state index is -0.434. The summed E-state index contributed by atoms with van der Waals surface area (Å²) >= 11 is 0. The van der Waals surface area contributed by atoms with Crippen LogP contribution in [0, 0.1) is 17.0 Å². The molecule has 0 saturated heterocycles. The molecular formula is C28H25NO5. The van der Waals surface area contributed by atoms with Crippen molar-refractivity contribution in [2.24, 2.45) is 0 Å². The van der Waals surface area contributed by atoms with Crippen molar-refractivity contribution in [2.75, 3.05) is 7.11 Å². The van der Waals surface area contributed by atoms with Crippen LogP contribution in [-0.4, -0.2) is 18.0 Å². The van der Waals surface area contributed by atoms with Gasteiger partial charge in [-0.1, -0.05) is 66.2 Å². The number of nitro benzene ring substituents is 1. The fraction of sp³-hybridized carbons (Fsp3) is 0.179. The Morgan fingerprint density at radius 2 is 1.65 bits per heavy atom. The van der Waals surface area contributed by atoms with Gasteiger partial charge in [-0.25, -0.2) is 0 Å². The zero-order valence-electron chi connectivity index (χ0n) is 19.1. The van der Waals surface area contributed by atoms with E-state index in [0.29, 0.717) is 17.5 Å². The number of aryl methyl sites for hydroxylation is 2. The predicted molar refractivity (Wildman–Crippen MR) is 132 cm³/mol. The van der Waals surface area contributed by atoms with Crippen molar-refractivity contribution in [1.82, 2.24) is 0 Å². The van der Waals surface area contributed by atoms with Crippen LogP contribution in [0.5, 0.6) is 5.75 Å². The zero-order valence-corrected chi connectivity index (χ0v) is 19.1.